The maximum atomic E-state index is 12.4. The first-order valence-electron chi connectivity index (χ1n) is 10.0. The van der Waals surface area contributed by atoms with Crippen molar-refractivity contribution in [3.63, 3.8) is 0 Å². The highest BCUT2D eigenvalue weighted by Crippen LogP contribution is 2.31. The Morgan fingerprint density at radius 2 is 1.47 bits per heavy atom. The fraction of sp³-hybridized carbons (Fsp3) is 0.250. The fourth-order valence-electron chi connectivity index (χ4n) is 3.12. The van der Waals surface area contributed by atoms with Crippen molar-refractivity contribution in [2.24, 2.45) is 0 Å². The smallest absolute Gasteiger partial charge is 0.252 e. The highest BCUT2D eigenvalue weighted by Gasteiger charge is 2.09. The van der Waals surface area contributed by atoms with Gasteiger partial charge in [0.05, 0.1) is 34.0 Å². The zero-order chi connectivity index (χ0) is 22.9. The number of nitrogens with zero attached hydrogens (tertiary/aromatic N) is 1. The molecule has 3 aromatic rings. The molecule has 0 bridgehead atoms. The molecule has 0 fully saturated rings. The number of hydrogen-bond donors (Lipinski definition) is 2. The summed E-state index contributed by atoms with van der Waals surface area (Å²) in [7, 11) is 6.36. The van der Waals surface area contributed by atoms with Crippen LogP contribution in [0.3, 0.4) is 0 Å². The van der Waals surface area contributed by atoms with Crippen LogP contribution in [0.2, 0.25) is 0 Å². The molecule has 2 aromatic carbocycles. The van der Waals surface area contributed by atoms with Gasteiger partial charge in [0.15, 0.2) is 23.0 Å². The number of benzene rings is 2. The lowest BCUT2D eigenvalue weighted by Crippen LogP contribution is -2.25. The summed E-state index contributed by atoms with van der Waals surface area (Å²) in [6.07, 6.45) is 2.20. The SMILES string of the molecule is COc1ccc(CCNC(=O)c2ccc(Nc3ccc(OC)c(OC)c3)nc2)cc1OC. The van der Waals surface area contributed by atoms with Crippen LogP contribution in [0.5, 0.6) is 23.0 Å². The predicted octanol–water partition coefficient (Wildman–Crippen LogP) is 3.83. The summed E-state index contributed by atoms with van der Waals surface area (Å²) < 4.78 is 21.1. The lowest BCUT2D eigenvalue weighted by atomic mass is 10.1. The Hall–Kier alpha value is -3.94. The van der Waals surface area contributed by atoms with E-state index < -0.39 is 0 Å². The average Bonchev–Trinajstić information content (AvgIpc) is 2.84. The highest BCUT2D eigenvalue weighted by molar-refractivity contribution is 5.94. The first-order valence-corrected chi connectivity index (χ1v) is 10.0. The maximum absolute atomic E-state index is 12.4. The zero-order valence-corrected chi connectivity index (χ0v) is 18.6. The molecule has 0 aliphatic heterocycles. The summed E-state index contributed by atoms with van der Waals surface area (Å²) in [5, 5.41) is 6.09. The van der Waals surface area contributed by atoms with Gasteiger partial charge in [-0.3, -0.25) is 4.79 Å². The van der Waals surface area contributed by atoms with E-state index in [1.54, 1.807) is 46.6 Å². The number of amides is 1. The second kappa shape index (κ2) is 10.9. The van der Waals surface area contributed by atoms with E-state index in [1.165, 1.54) is 6.20 Å². The number of hydrogen-bond acceptors (Lipinski definition) is 7. The van der Waals surface area contributed by atoms with E-state index in [2.05, 4.69) is 15.6 Å². The number of pyridine rings is 1. The number of aromatic nitrogens is 1. The Kier molecular flexibility index (Phi) is 7.75. The number of carbonyl (C=O) groups is 1. The van der Waals surface area contributed by atoms with Crippen LogP contribution in [0.15, 0.2) is 54.7 Å². The van der Waals surface area contributed by atoms with Gasteiger partial charge in [-0.25, -0.2) is 4.98 Å². The largest absolute Gasteiger partial charge is 0.493 e. The van der Waals surface area contributed by atoms with E-state index in [4.69, 9.17) is 18.9 Å². The molecule has 8 nitrogen and oxygen atoms in total. The van der Waals surface area contributed by atoms with Gasteiger partial charge in [0.1, 0.15) is 5.82 Å². The van der Waals surface area contributed by atoms with Crippen molar-refractivity contribution in [1.29, 1.82) is 0 Å². The summed E-state index contributed by atoms with van der Waals surface area (Å²) in [6.45, 7) is 0.486. The summed E-state index contributed by atoms with van der Waals surface area (Å²) in [5.41, 5.74) is 2.31. The van der Waals surface area contributed by atoms with Crippen LogP contribution in [0.1, 0.15) is 15.9 Å². The quantitative estimate of drug-likeness (QED) is 0.498. The highest BCUT2D eigenvalue weighted by atomic mass is 16.5. The van der Waals surface area contributed by atoms with Gasteiger partial charge in [-0.15, -0.1) is 0 Å². The number of anilines is 2. The number of nitrogens with one attached hydrogen (secondary N) is 2. The van der Waals surface area contributed by atoms with Crippen LogP contribution < -0.4 is 29.6 Å². The molecule has 3 rings (SSSR count). The number of ether oxygens (including phenoxy) is 4. The molecule has 0 spiro atoms. The van der Waals surface area contributed by atoms with Gasteiger partial charge < -0.3 is 29.6 Å². The topological polar surface area (TPSA) is 90.9 Å². The first-order chi connectivity index (χ1) is 15.6. The lowest BCUT2D eigenvalue weighted by molar-refractivity contribution is 0.0954. The van der Waals surface area contributed by atoms with Crippen LogP contribution in [-0.2, 0) is 6.42 Å². The third-order valence-corrected chi connectivity index (χ3v) is 4.83. The molecule has 1 amide bonds. The van der Waals surface area contributed by atoms with Crippen molar-refractivity contribution in [3.05, 3.63) is 65.9 Å². The van der Waals surface area contributed by atoms with E-state index in [-0.39, 0.29) is 5.91 Å². The molecular formula is C24H27N3O5. The molecule has 0 radical (unpaired) electrons. The molecule has 32 heavy (non-hydrogen) atoms. The number of carbonyl (C=O) groups excluding carboxylic acids is 1. The maximum Gasteiger partial charge on any atom is 0.252 e. The monoisotopic (exact) mass is 437 g/mol. The van der Waals surface area contributed by atoms with Crippen molar-refractivity contribution >= 4 is 17.4 Å². The van der Waals surface area contributed by atoms with Crippen molar-refractivity contribution in [2.45, 2.75) is 6.42 Å². The average molecular weight is 437 g/mol. The van der Waals surface area contributed by atoms with E-state index >= 15 is 0 Å². The van der Waals surface area contributed by atoms with Gasteiger partial charge in [0.2, 0.25) is 0 Å². The van der Waals surface area contributed by atoms with Gasteiger partial charge in [0, 0.05) is 24.5 Å². The van der Waals surface area contributed by atoms with Crippen molar-refractivity contribution in [3.8, 4) is 23.0 Å². The van der Waals surface area contributed by atoms with E-state index in [9.17, 15) is 4.79 Å². The fourth-order valence-corrected chi connectivity index (χ4v) is 3.12. The molecule has 0 saturated carbocycles. The normalized spacial score (nSPS) is 10.2. The van der Waals surface area contributed by atoms with Crippen molar-refractivity contribution in [1.82, 2.24) is 10.3 Å². The number of rotatable bonds is 10. The molecule has 168 valence electrons. The Morgan fingerprint density at radius 3 is 2.09 bits per heavy atom. The Balaban J connectivity index is 1.55. The third kappa shape index (κ3) is 5.60. The summed E-state index contributed by atoms with van der Waals surface area (Å²) in [4.78, 5) is 16.8. The summed E-state index contributed by atoms with van der Waals surface area (Å²) in [5.74, 6) is 3.02. The molecule has 1 heterocycles. The van der Waals surface area contributed by atoms with Gasteiger partial charge in [-0.05, 0) is 48.4 Å². The molecule has 2 N–H and O–H groups in total. The molecule has 0 aliphatic rings. The Labute approximate surface area is 187 Å². The molecule has 0 atom stereocenters. The second-order valence-electron chi connectivity index (χ2n) is 6.82. The van der Waals surface area contributed by atoms with Gasteiger partial charge >= 0.3 is 0 Å². The third-order valence-electron chi connectivity index (χ3n) is 4.83. The standard InChI is InChI=1S/C24H27N3O5/c1-29-19-8-5-16(13-21(19)31-3)11-12-25-24(28)17-6-10-23(26-15-17)27-18-7-9-20(30-2)22(14-18)32-4/h5-10,13-15H,11-12H2,1-4H3,(H,25,28)(H,26,27). The minimum absolute atomic E-state index is 0.185. The van der Waals surface area contributed by atoms with E-state index in [0.29, 0.717) is 47.3 Å². The van der Waals surface area contributed by atoms with Crippen LogP contribution in [0, 0.1) is 0 Å². The van der Waals surface area contributed by atoms with Gasteiger partial charge in [-0.1, -0.05) is 6.07 Å². The first kappa shape index (κ1) is 22.7. The predicted molar refractivity (Wildman–Crippen MR) is 123 cm³/mol. The second-order valence-corrected chi connectivity index (χ2v) is 6.82. The Morgan fingerprint density at radius 1 is 0.812 bits per heavy atom. The molecule has 8 heteroatoms. The van der Waals surface area contributed by atoms with Crippen molar-refractivity contribution in [2.75, 3.05) is 40.3 Å². The van der Waals surface area contributed by atoms with Crippen LogP contribution >= 0.6 is 0 Å². The van der Waals surface area contributed by atoms with Crippen molar-refractivity contribution < 1.29 is 23.7 Å². The Bertz CT molecular complexity index is 1050. The summed E-state index contributed by atoms with van der Waals surface area (Å²) in [6, 6.07) is 14.7. The van der Waals surface area contributed by atoms with Crippen LogP contribution in [-0.4, -0.2) is 45.9 Å². The minimum atomic E-state index is -0.185. The number of methoxy groups -OCH3 is 4. The van der Waals surface area contributed by atoms with Gasteiger partial charge in [0.25, 0.3) is 5.91 Å². The molecule has 0 saturated heterocycles. The van der Waals surface area contributed by atoms with Crippen LogP contribution in [0.25, 0.3) is 0 Å². The summed E-state index contributed by atoms with van der Waals surface area (Å²) >= 11 is 0. The van der Waals surface area contributed by atoms with Gasteiger partial charge in [-0.2, -0.15) is 0 Å². The molecular weight excluding hydrogens is 410 g/mol. The molecule has 0 aliphatic carbocycles. The van der Waals surface area contributed by atoms with E-state index in [0.717, 1.165) is 11.3 Å². The minimum Gasteiger partial charge on any atom is -0.493 e. The van der Waals surface area contributed by atoms with E-state index in [1.807, 2.05) is 30.3 Å². The lowest BCUT2D eigenvalue weighted by Gasteiger charge is -2.11. The molecule has 1 aromatic heterocycles. The zero-order valence-electron chi connectivity index (χ0n) is 18.6. The van der Waals surface area contributed by atoms with Crippen LogP contribution in [0.4, 0.5) is 11.5 Å². The molecule has 0 unspecified atom stereocenters.